The molecule has 5 aliphatic rings. The van der Waals surface area contributed by atoms with Crippen LogP contribution in [0, 0.1) is 68.5 Å². The third-order valence-electron chi connectivity index (χ3n) is 14.2. The molecule has 5 fully saturated rings. The van der Waals surface area contributed by atoms with E-state index in [4.69, 9.17) is 4.74 Å². The molecule has 0 aliphatic heterocycles. The summed E-state index contributed by atoms with van der Waals surface area (Å²) in [5, 5.41) is 9.50. The van der Waals surface area contributed by atoms with Crippen LogP contribution in [0.5, 0.6) is 0 Å². The summed E-state index contributed by atoms with van der Waals surface area (Å²) in [6, 6.07) is 0. The molecule has 0 heterocycles. The number of carboxylic acid groups (broad SMARTS) is 1. The van der Waals surface area contributed by atoms with Crippen LogP contribution in [0.25, 0.3) is 0 Å². The quantitative estimate of drug-likeness (QED) is 0.265. The first kappa shape index (κ1) is 30.1. The Morgan fingerprint density at radius 2 is 1.55 bits per heavy atom. The van der Waals surface area contributed by atoms with E-state index in [9.17, 15) is 19.5 Å². The fourth-order valence-electron chi connectivity index (χ4n) is 12.2. The van der Waals surface area contributed by atoms with Gasteiger partial charge in [-0.3, -0.25) is 9.59 Å². The van der Waals surface area contributed by atoms with Crippen molar-refractivity contribution in [1.29, 1.82) is 0 Å². The molecule has 0 bridgehead atoms. The van der Waals surface area contributed by atoms with Crippen LogP contribution in [0.15, 0.2) is 0 Å². The summed E-state index contributed by atoms with van der Waals surface area (Å²) < 4.78 is 6.10. The smallest absolute Gasteiger partial charge is 0.309 e. The monoisotopic (exact) mass is 556 g/mol. The summed E-state index contributed by atoms with van der Waals surface area (Å²) in [4.78, 5) is 37.1. The van der Waals surface area contributed by atoms with Crippen LogP contribution in [0.3, 0.4) is 0 Å². The van der Waals surface area contributed by atoms with Gasteiger partial charge in [0.2, 0.25) is 0 Å². The van der Waals surface area contributed by atoms with E-state index in [2.05, 4.69) is 41.5 Å². The Hall–Kier alpha value is -1.39. The van der Waals surface area contributed by atoms with Gasteiger partial charge in [0, 0.05) is 10.8 Å². The second kappa shape index (κ2) is 9.83. The van der Waals surface area contributed by atoms with E-state index >= 15 is 0 Å². The highest BCUT2D eigenvalue weighted by Crippen LogP contribution is 2.73. The Kier molecular flexibility index (Phi) is 7.39. The molecule has 0 saturated heterocycles. The molecule has 5 saturated carbocycles. The van der Waals surface area contributed by atoms with Crippen molar-refractivity contribution < 1.29 is 24.2 Å². The predicted molar refractivity (Wildman–Crippen MR) is 156 cm³/mol. The van der Waals surface area contributed by atoms with Crippen LogP contribution in [0.1, 0.15) is 126 Å². The zero-order chi connectivity index (χ0) is 29.5. The molecule has 0 radical (unpaired) electrons. The van der Waals surface area contributed by atoms with Crippen LogP contribution >= 0.6 is 0 Å². The van der Waals surface area contributed by atoms with Crippen LogP contribution in [0.2, 0.25) is 0 Å². The predicted octanol–water partition coefficient (Wildman–Crippen LogP) is 7.95. The molecule has 40 heavy (non-hydrogen) atoms. The molecule has 1 N–H and O–H groups in total. The van der Waals surface area contributed by atoms with Crippen molar-refractivity contribution in [2.45, 2.75) is 132 Å². The number of carbonyl (C=O) groups excluding carboxylic acids is 2. The second-order valence-corrected chi connectivity index (χ2v) is 17.1. The first-order valence-electron chi connectivity index (χ1n) is 16.4. The normalized spacial score (nSPS) is 46.0. The van der Waals surface area contributed by atoms with Gasteiger partial charge in [-0.05, 0) is 130 Å². The Balaban J connectivity index is 1.37. The first-order chi connectivity index (χ1) is 18.5. The van der Waals surface area contributed by atoms with Gasteiger partial charge in [0.1, 0.15) is 12.4 Å². The number of ether oxygens (including phenoxy) is 1. The highest BCUT2D eigenvalue weighted by Gasteiger charge is 2.67. The van der Waals surface area contributed by atoms with Gasteiger partial charge in [-0.2, -0.15) is 0 Å². The molecule has 0 aromatic heterocycles. The largest absolute Gasteiger partial charge is 0.481 e. The van der Waals surface area contributed by atoms with Gasteiger partial charge >= 0.3 is 11.9 Å². The number of hydrogen-bond donors (Lipinski definition) is 1. The lowest BCUT2D eigenvalue weighted by Crippen LogP contribution is -2.63. The standard InChI is InChI=1S/C35H56O5/c1-21(2)22-11-17-35(20-36)18-12-24-23(29(22)35)9-10-26-33(24,7)15-13-25-32(5,6)27(14-16-34(25,26)8)40-28(37)19-31(3,4)30(38)39/h20-27,29H,9-19H2,1-8H3,(H,38,39)/t22-,23-,24+,25-,26-,27-,29+,33-,34-,35+/m0/s1. The summed E-state index contributed by atoms with van der Waals surface area (Å²) in [6.07, 6.45) is 12.6. The van der Waals surface area contributed by atoms with E-state index in [0.717, 1.165) is 32.1 Å². The SMILES string of the molecule is CC(C)[C@@H]1CC[C@]2(C=O)CC[C@@H]3[C@H](CC[C@H]4[C@@]3(C)CC[C@H]3C(C)(C)[C@@H](OC(=O)CC(C)(C)C(=O)O)CC[C@]43C)[C@@H]12. The summed E-state index contributed by atoms with van der Waals surface area (Å²) in [6.45, 7) is 17.7. The molecule has 5 rings (SSSR count). The van der Waals surface area contributed by atoms with Gasteiger partial charge in [-0.25, -0.2) is 0 Å². The zero-order valence-electron chi connectivity index (χ0n) is 26.6. The fourth-order valence-corrected chi connectivity index (χ4v) is 12.2. The highest BCUT2D eigenvalue weighted by molar-refractivity contribution is 5.81. The molecule has 0 spiro atoms. The summed E-state index contributed by atoms with van der Waals surface area (Å²) in [5.74, 6) is 3.06. The molecule has 5 nitrogen and oxygen atoms in total. The minimum atomic E-state index is -1.12. The molecule has 226 valence electrons. The van der Waals surface area contributed by atoms with Gasteiger partial charge in [-0.1, -0.05) is 41.5 Å². The average Bonchev–Trinajstić information content (AvgIpc) is 3.26. The van der Waals surface area contributed by atoms with Crippen molar-refractivity contribution in [3.63, 3.8) is 0 Å². The number of hydrogen-bond acceptors (Lipinski definition) is 4. The van der Waals surface area contributed by atoms with Crippen molar-refractivity contribution in [3.05, 3.63) is 0 Å². The first-order valence-corrected chi connectivity index (χ1v) is 16.4. The summed E-state index contributed by atoms with van der Waals surface area (Å²) in [7, 11) is 0. The van der Waals surface area contributed by atoms with Crippen LogP contribution in [-0.2, 0) is 19.1 Å². The topological polar surface area (TPSA) is 80.7 Å². The Morgan fingerprint density at radius 3 is 2.17 bits per heavy atom. The van der Waals surface area contributed by atoms with E-state index in [1.807, 2.05) is 0 Å². The van der Waals surface area contributed by atoms with Gasteiger partial charge < -0.3 is 14.6 Å². The van der Waals surface area contributed by atoms with Crippen molar-refractivity contribution in [1.82, 2.24) is 0 Å². The van der Waals surface area contributed by atoms with E-state index in [1.54, 1.807) is 13.8 Å². The van der Waals surface area contributed by atoms with E-state index < -0.39 is 11.4 Å². The number of aldehydes is 1. The minimum Gasteiger partial charge on any atom is -0.481 e. The molecule has 10 atom stereocenters. The van der Waals surface area contributed by atoms with Crippen molar-refractivity contribution >= 4 is 18.2 Å². The summed E-state index contributed by atoms with van der Waals surface area (Å²) in [5.41, 5.74) is -0.832. The molecular weight excluding hydrogens is 500 g/mol. The van der Waals surface area contributed by atoms with Crippen LogP contribution in [-0.4, -0.2) is 29.4 Å². The average molecular weight is 557 g/mol. The van der Waals surface area contributed by atoms with Gasteiger partial charge in [0.15, 0.2) is 0 Å². The number of carboxylic acids is 1. The minimum absolute atomic E-state index is 0.0699. The third-order valence-corrected chi connectivity index (χ3v) is 14.2. The van der Waals surface area contributed by atoms with Crippen LogP contribution < -0.4 is 0 Å². The van der Waals surface area contributed by atoms with E-state index in [0.29, 0.717) is 46.8 Å². The van der Waals surface area contributed by atoms with E-state index in [1.165, 1.54) is 38.4 Å². The maximum absolute atomic E-state index is 12.9. The molecule has 5 heteroatoms. The number of fused-ring (bicyclic) bond motifs is 7. The van der Waals surface area contributed by atoms with Crippen LogP contribution in [0.4, 0.5) is 0 Å². The van der Waals surface area contributed by atoms with Gasteiger partial charge in [0.05, 0.1) is 11.8 Å². The zero-order valence-corrected chi connectivity index (χ0v) is 26.6. The number of esters is 1. The maximum Gasteiger partial charge on any atom is 0.309 e. The van der Waals surface area contributed by atoms with Crippen molar-refractivity contribution in [2.75, 3.05) is 0 Å². The third kappa shape index (κ3) is 4.32. The van der Waals surface area contributed by atoms with E-state index in [-0.39, 0.29) is 34.7 Å². The maximum atomic E-state index is 12.9. The number of carbonyl (C=O) groups is 3. The lowest BCUT2D eigenvalue weighted by molar-refractivity contribution is -0.223. The van der Waals surface area contributed by atoms with Crippen molar-refractivity contribution in [2.24, 2.45) is 68.5 Å². The van der Waals surface area contributed by atoms with Crippen molar-refractivity contribution in [3.8, 4) is 0 Å². The Morgan fingerprint density at radius 1 is 0.900 bits per heavy atom. The molecule has 0 unspecified atom stereocenters. The molecule has 0 aromatic rings. The molecular formula is C35H56O5. The number of aliphatic carboxylic acids is 1. The lowest BCUT2D eigenvalue weighted by atomic mass is 9.36. The van der Waals surface area contributed by atoms with Gasteiger partial charge in [-0.15, -0.1) is 0 Å². The molecule has 5 aliphatic carbocycles. The Bertz CT molecular complexity index is 1030. The molecule has 0 amide bonds. The lowest BCUT2D eigenvalue weighted by Gasteiger charge is -2.69. The molecule has 0 aromatic carbocycles. The number of rotatable bonds is 6. The highest BCUT2D eigenvalue weighted by atomic mass is 16.5. The summed E-state index contributed by atoms with van der Waals surface area (Å²) >= 11 is 0. The second-order valence-electron chi connectivity index (χ2n) is 17.1. The van der Waals surface area contributed by atoms with Gasteiger partial charge in [0.25, 0.3) is 0 Å². The fraction of sp³-hybridized carbons (Fsp3) is 0.914. The Labute approximate surface area is 243 Å².